The van der Waals surface area contributed by atoms with Crippen molar-refractivity contribution in [2.75, 3.05) is 6.54 Å². The second kappa shape index (κ2) is 6.52. The number of rotatable bonds is 5. The van der Waals surface area contributed by atoms with E-state index in [9.17, 15) is 9.59 Å². The molecule has 0 fully saturated rings. The number of urea groups is 1. The van der Waals surface area contributed by atoms with Crippen LogP contribution in [-0.2, 0) is 4.79 Å². The predicted molar refractivity (Wildman–Crippen MR) is 63.6 cm³/mol. The molecule has 1 aromatic carbocycles. The molecule has 5 heteroatoms. The summed E-state index contributed by atoms with van der Waals surface area (Å²) < 4.78 is 0. The SMILES string of the molecule is CC(NC(=O)NCCC(=O)O)c1ccccc1. The molecule has 0 radical (unpaired) electrons. The fourth-order valence-electron chi connectivity index (χ4n) is 1.36. The first-order valence-corrected chi connectivity index (χ1v) is 5.40. The van der Waals surface area contributed by atoms with Crippen LogP contribution in [0.25, 0.3) is 0 Å². The van der Waals surface area contributed by atoms with Crippen LogP contribution in [-0.4, -0.2) is 23.7 Å². The van der Waals surface area contributed by atoms with E-state index in [0.717, 1.165) is 5.56 Å². The van der Waals surface area contributed by atoms with Crippen molar-refractivity contribution in [3.05, 3.63) is 35.9 Å². The smallest absolute Gasteiger partial charge is 0.315 e. The van der Waals surface area contributed by atoms with Gasteiger partial charge in [-0.15, -0.1) is 0 Å². The molecular formula is C12H16N2O3. The maximum atomic E-state index is 11.4. The molecule has 5 nitrogen and oxygen atoms in total. The molecule has 1 rings (SSSR count). The van der Waals surface area contributed by atoms with E-state index in [0.29, 0.717) is 0 Å². The van der Waals surface area contributed by atoms with Crippen LogP contribution in [0, 0.1) is 0 Å². The van der Waals surface area contributed by atoms with Gasteiger partial charge < -0.3 is 15.7 Å². The normalized spacial score (nSPS) is 11.6. The van der Waals surface area contributed by atoms with Crippen molar-refractivity contribution in [3.8, 4) is 0 Å². The summed E-state index contributed by atoms with van der Waals surface area (Å²) >= 11 is 0. The average molecular weight is 236 g/mol. The van der Waals surface area contributed by atoms with E-state index >= 15 is 0 Å². The Labute approximate surface area is 99.8 Å². The Morgan fingerprint density at radius 1 is 1.29 bits per heavy atom. The molecule has 0 spiro atoms. The zero-order chi connectivity index (χ0) is 12.7. The fourth-order valence-corrected chi connectivity index (χ4v) is 1.36. The molecule has 1 atom stereocenters. The quantitative estimate of drug-likeness (QED) is 0.725. The molecule has 0 heterocycles. The Balaban J connectivity index is 2.34. The van der Waals surface area contributed by atoms with Crippen LogP contribution in [0.2, 0.25) is 0 Å². The number of aliphatic carboxylic acids is 1. The van der Waals surface area contributed by atoms with Gasteiger partial charge in [-0.25, -0.2) is 4.79 Å². The zero-order valence-electron chi connectivity index (χ0n) is 9.64. The van der Waals surface area contributed by atoms with Crippen LogP contribution in [0.3, 0.4) is 0 Å². The highest BCUT2D eigenvalue weighted by molar-refractivity contribution is 5.75. The minimum absolute atomic E-state index is 0.0763. The van der Waals surface area contributed by atoms with Gasteiger partial charge >= 0.3 is 12.0 Å². The van der Waals surface area contributed by atoms with Crippen molar-refractivity contribution in [2.45, 2.75) is 19.4 Å². The summed E-state index contributed by atoms with van der Waals surface area (Å²) in [4.78, 5) is 21.6. The molecule has 0 aliphatic carbocycles. The monoisotopic (exact) mass is 236 g/mol. The van der Waals surface area contributed by atoms with Gasteiger partial charge in [0.05, 0.1) is 12.5 Å². The summed E-state index contributed by atoms with van der Waals surface area (Å²) in [6.07, 6.45) is -0.0763. The minimum atomic E-state index is -0.929. The van der Waals surface area contributed by atoms with Gasteiger partial charge in [0.25, 0.3) is 0 Å². The Morgan fingerprint density at radius 2 is 1.94 bits per heavy atom. The van der Waals surface area contributed by atoms with E-state index < -0.39 is 5.97 Å². The number of hydrogen-bond donors (Lipinski definition) is 3. The number of amides is 2. The highest BCUT2D eigenvalue weighted by atomic mass is 16.4. The Kier molecular flexibility index (Phi) is 5.00. The van der Waals surface area contributed by atoms with Crippen LogP contribution < -0.4 is 10.6 Å². The van der Waals surface area contributed by atoms with Crippen LogP contribution in [0.4, 0.5) is 4.79 Å². The molecule has 3 N–H and O–H groups in total. The molecule has 0 aliphatic heterocycles. The first-order chi connectivity index (χ1) is 8.09. The van der Waals surface area contributed by atoms with E-state index in [-0.39, 0.29) is 25.0 Å². The van der Waals surface area contributed by atoms with Crippen LogP contribution >= 0.6 is 0 Å². The van der Waals surface area contributed by atoms with Gasteiger partial charge in [0.2, 0.25) is 0 Å². The second-order valence-electron chi connectivity index (χ2n) is 3.68. The van der Waals surface area contributed by atoms with Crippen molar-refractivity contribution in [1.82, 2.24) is 10.6 Å². The molecule has 0 saturated heterocycles. The maximum absolute atomic E-state index is 11.4. The molecule has 0 bridgehead atoms. The molecule has 1 unspecified atom stereocenters. The third-order valence-electron chi connectivity index (χ3n) is 2.27. The van der Waals surface area contributed by atoms with Crippen molar-refractivity contribution in [3.63, 3.8) is 0 Å². The molecule has 0 saturated carbocycles. The summed E-state index contributed by atoms with van der Waals surface area (Å²) in [6, 6.07) is 9.07. The molecule has 1 aromatic rings. The number of carboxylic acids is 1. The lowest BCUT2D eigenvalue weighted by atomic mass is 10.1. The summed E-state index contributed by atoms with van der Waals surface area (Å²) in [5.41, 5.74) is 1.00. The van der Waals surface area contributed by atoms with Crippen LogP contribution in [0.5, 0.6) is 0 Å². The summed E-state index contributed by atoms with van der Waals surface area (Å²) in [6.45, 7) is 1.99. The number of benzene rings is 1. The highest BCUT2D eigenvalue weighted by Crippen LogP contribution is 2.10. The second-order valence-corrected chi connectivity index (χ2v) is 3.68. The number of hydrogen-bond acceptors (Lipinski definition) is 2. The van der Waals surface area contributed by atoms with Crippen molar-refractivity contribution in [1.29, 1.82) is 0 Å². The first kappa shape index (κ1) is 13.0. The topological polar surface area (TPSA) is 78.4 Å². The number of carbonyl (C=O) groups is 2. The van der Waals surface area contributed by atoms with E-state index in [2.05, 4.69) is 10.6 Å². The highest BCUT2D eigenvalue weighted by Gasteiger charge is 2.08. The average Bonchev–Trinajstić information content (AvgIpc) is 2.29. The Hall–Kier alpha value is -2.04. The largest absolute Gasteiger partial charge is 0.481 e. The van der Waals surface area contributed by atoms with Crippen molar-refractivity contribution < 1.29 is 14.7 Å². The molecule has 2 amide bonds. The molecule has 92 valence electrons. The lowest BCUT2D eigenvalue weighted by Gasteiger charge is -2.14. The summed E-state index contributed by atoms with van der Waals surface area (Å²) in [5.74, 6) is -0.929. The molecular weight excluding hydrogens is 220 g/mol. The van der Waals surface area contributed by atoms with Gasteiger partial charge in [-0.05, 0) is 12.5 Å². The van der Waals surface area contributed by atoms with Gasteiger partial charge in [-0.3, -0.25) is 4.79 Å². The first-order valence-electron chi connectivity index (χ1n) is 5.40. The van der Waals surface area contributed by atoms with E-state index in [1.807, 2.05) is 37.3 Å². The van der Waals surface area contributed by atoms with E-state index in [1.54, 1.807) is 0 Å². The molecule has 0 aromatic heterocycles. The third kappa shape index (κ3) is 5.01. The lowest BCUT2D eigenvalue weighted by molar-refractivity contribution is -0.136. The molecule has 17 heavy (non-hydrogen) atoms. The maximum Gasteiger partial charge on any atom is 0.315 e. The Morgan fingerprint density at radius 3 is 2.53 bits per heavy atom. The standard InChI is InChI=1S/C12H16N2O3/c1-9(10-5-3-2-4-6-10)14-12(17)13-8-7-11(15)16/h2-6,9H,7-8H2,1H3,(H,15,16)(H2,13,14,17). The minimum Gasteiger partial charge on any atom is -0.481 e. The number of nitrogens with one attached hydrogen (secondary N) is 2. The summed E-state index contributed by atoms with van der Waals surface area (Å²) in [5, 5.41) is 13.6. The van der Waals surface area contributed by atoms with E-state index in [4.69, 9.17) is 5.11 Å². The Bertz CT molecular complexity index is 379. The lowest BCUT2D eigenvalue weighted by Crippen LogP contribution is -2.38. The third-order valence-corrected chi connectivity index (χ3v) is 2.27. The van der Waals surface area contributed by atoms with Gasteiger partial charge in [0, 0.05) is 6.54 Å². The fraction of sp³-hybridized carbons (Fsp3) is 0.333. The van der Waals surface area contributed by atoms with Gasteiger partial charge in [0.1, 0.15) is 0 Å². The molecule has 0 aliphatic rings. The van der Waals surface area contributed by atoms with Gasteiger partial charge in [0.15, 0.2) is 0 Å². The van der Waals surface area contributed by atoms with Crippen LogP contribution in [0.15, 0.2) is 30.3 Å². The van der Waals surface area contributed by atoms with Gasteiger partial charge in [-0.2, -0.15) is 0 Å². The van der Waals surface area contributed by atoms with Crippen molar-refractivity contribution >= 4 is 12.0 Å². The predicted octanol–water partition coefficient (Wildman–Crippen LogP) is 1.52. The summed E-state index contributed by atoms with van der Waals surface area (Å²) in [7, 11) is 0. The van der Waals surface area contributed by atoms with Crippen molar-refractivity contribution in [2.24, 2.45) is 0 Å². The zero-order valence-corrected chi connectivity index (χ0v) is 9.64. The van der Waals surface area contributed by atoms with E-state index in [1.165, 1.54) is 0 Å². The van der Waals surface area contributed by atoms with Gasteiger partial charge in [-0.1, -0.05) is 30.3 Å². The number of carbonyl (C=O) groups excluding carboxylic acids is 1. The number of carboxylic acid groups (broad SMARTS) is 1. The van der Waals surface area contributed by atoms with Crippen LogP contribution in [0.1, 0.15) is 24.9 Å².